The van der Waals surface area contributed by atoms with Gasteiger partial charge in [0.15, 0.2) is 17.7 Å². The van der Waals surface area contributed by atoms with Gasteiger partial charge in [-0.05, 0) is 37.7 Å². The number of hydrogen-bond donors (Lipinski definition) is 2. The van der Waals surface area contributed by atoms with Crippen molar-refractivity contribution in [1.82, 2.24) is 0 Å². The second-order valence-electron chi connectivity index (χ2n) is 10.0. The highest BCUT2D eigenvalue weighted by Gasteiger charge is 2.71. The normalized spacial score (nSPS) is 40.8. The van der Waals surface area contributed by atoms with Gasteiger partial charge in [-0.15, -0.1) is 0 Å². The molecule has 7 atom stereocenters. The average molecular weight is 446 g/mol. The summed E-state index contributed by atoms with van der Waals surface area (Å²) in [6.07, 6.45) is -2.69. The summed E-state index contributed by atoms with van der Waals surface area (Å²) >= 11 is 0. The smallest absolute Gasteiger partial charge is 0.303 e. The maximum absolute atomic E-state index is 13.6. The van der Waals surface area contributed by atoms with Crippen LogP contribution in [-0.2, 0) is 28.7 Å². The number of carbonyl (C=O) groups excluding carboxylic acids is 4. The topological polar surface area (TPSA) is 127 Å². The molecule has 1 fully saturated rings. The van der Waals surface area contributed by atoms with Gasteiger partial charge in [-0.1, -0.05) is 19.4 Å². The zero-order valence-electron chi connectivity index (χ0n) is 19.1. The predicted octanol–water partition coefficient (Wildman–Crippen LogP) is 1.42. The Labute approximate surface area is 186 Å². The van der Waals surface area contributed by atoms with Gasteiger partial charge in [-0.3, -0.25) is 19.2 Å². The molecule has 0 aromatic heterocycles. The summed E-state index contributed by atoms with van der Waals surface area (Å²) in [4.78, 5) is 50.4. The zero-order valence-corrected chi connectivity index (χ0v) is 19.1. The highest BCUT2D eigenvalue weighted by atomic mass is 16.6. The zero-order chi connectivity index (χ0) is 23.7. The van der Waals surface area contributed by atoms with E-state index in [0.717, 1.165) is 11.1 Å². The second kappa shape index (κ2) is 7.35. The maximum atomic E-state index is 13.6. The van der Waals surface area contributed by atoms with E-state index in [2.05, 4.69) is 0 Å². The van der Waals surface area contributed by atoms with Crippen LogP contribution in [0.15, 0.2) is 22.3 Å². The van der Waals surface area contributed by atoms with Crippen molar-refractivity contribution in [2.75, 3.05) is 6.61 Å². The fourth-order valence-electron chi connectivity index (χ4n) is 6.40. The molecule has 8 nitrogen and oxygen atoms in total. The van der Waals surface area contributed by atoms with E-state index in [9.17, 15) is 29.4 Å². The summed E-state index contributed by atoms with van der Waals surface area (Å²) < 4.78 is 10.6. The maximum Gasteiger partial charge on any atom is 0.303 e. The molecular weight excluding hydrogens is 416 g/mol. The summed E-state index contributed by atoms with van der Waals surface area (Å²) in [6, 6.07) is 0. The molecule has 0 aliphatic heterocycles. The minimum Gasteiger partial charge on any atom is -0.461 e. The molecule has 4 aliphatic carbocycles. The van der Waals surface area contributed by atoms with Crippen LogP contribution in [0.1, 0.15) is 53.9 Å². The summed E-state index contributed by atoms with van der Waals surface area (Å²) in [5.74, 6) is -2.83. The standard InChI is InChI=1S/C24H30O8/c1-10-8-24(10)21(29)15-17(19(28)22(24)30)23(5)7-6-14(9-31-12(3)25)11(2)16(23)18(27)20(15)32-13(4)26/h10,16,18,20,22,27,30H,6-9H2,1-5H3/t10-,16-,18+,20+,22+,23+,24-/m1/s1. The lowest BCUT2D eigenvalue weighted by Crippen LogP contribution is -2.60. The number of hydrogen-bond acceptors (Lipinski definition) is 8. The van der Waals surface area contributed by atoms with Gasteiger partial charge in [-0.25, -0.2) is 0 Å². The van der Waals surface area contributed by atoms with Gasteiger partial charge >= 0.3 is 11.9 Å². The molecule has 0 saturated heterocycles. The van der Waals surface area contributed by atoms with Gasteiger partial charge in [0.2, 0.25) is 0 Å². The highest BCUT2D eigenvalue weighted by Crippen LogP contribution is 2.64. The molecule has 1 saturated carbocycles. The fourth-order valence-corrected chi connectivity index (χ4v) is 6.40. The van der Waals surface area contributed by atoms with E-state index in [1.807, 2.05) is 6.92 Å². The first kappa shape index (κ1) is 22.9. The molecular formula is C24H30O8. The van der Waals surface area contributed by atoms with Gasteiger partial charge in [0.25, 0.3) is 0 Å². The lowest BCUT2D eigenvalue weighted by Gasteiger charge is -2.54. The minimum atomic E-state index is -1.44. The Morgan fingerprint density at radius 3 is 2.31 bits per heavy atom. The second-order valence-corrected chi connectivity index (χ2v) is 10.0. The Morgan fingerprint density at radius 2 is 1.78 bits per heavy atom. The van der Waals surface area contributed by atoms with Crippen LogP contribution >= 0.6 is 0 Å². The Hall–Kier alpha value is -2.32. The van der Waals surface area contributed by atoms with E-state index in [0.29, 0.717) is 19.3 Å². The number of carbonyl (C=O) groups is 4. The van der Waals surface area contributed by atoms with Gasteiger partial charge in [0.1, 0.15) is 18.8 Å². The summed E-state index contributed by atoms with van der Waals surface area (Å²) in [5, 5.41) is 22.3. The summed E-state index contributed by atoms with van der Waals surface area (Å²) in [6.45, 7) is 8.00. The summed E-state index contributed by atoms with van der Waals surface area (Å²) in [5.41, 5.74) is -0.338. The van der Waals surface area contributed by atoms with Crippen LogP contribution in [-0.4, -0.2) is 58.6 Å². The molecule has 0 aromatic carbocycles. The van der Waals surface area contributed by atoms with Gasteiger partial charge in [0.05, 0.1) is 5.41 Å². The summed E-state index contributed by atoms with van der Waals surface area (Å²) in [7, 11) is 0. The Morgan fingerprint density at radius 1 is 1.16 bits per heavy atom. The SMILES string of the molecule is CC(=O)OCC1=C(C)[C@@H]2[C@H](O)[C@@H](OC(C)=O)C3=C(C(=O)[C@H](O)[C@@]4(C[C@H]4C)C3=O)[C@@]2(C)CC1. The third-order valence-electron chi connectivity index (χ3n) is 8.19. The van der Waals surface area contributed by atoms with E-state index in [-0.39, 0.29) is 23.7 Å². The number of ether oxygens (including phenoxy) is 2. The molecule has 0 amide bonds. The molecule has 0 bridgehead atoms. The van der Waals surface area contributed by atoms with Crippen molar-refractivity contribution in [2.24, 2.45) is 22.7 Å². The number of esters is 2. The fraction of sp³-hybridized carbons (Fsp3) is 0.667. The molecule has 0 heterocycles. The van der Waals surface area contributed by atoms with E-state index in [1.54, 1.807) is 13.8 Å². The first-order valence-corrected chi connectivity index (χ1v) is 11.1. The molecule has 1 spiro atoms. The van der Waals surface area contributed by atoms with Crippen LogP contribution < -0.4 is 0 Å². The van der Waals surface area contributed by atoms with Crippen molar-refractivity contribution in [3.8, 4) is 0 Å². The van der Waals surface area contributed by atoms with Crippen molar-refractivity contribution in [1.29, 1.82) is 0 Å². The Bertz CT molecular complexity index is 990. The monoisotopic (exact) mass is 446 g/mol. The van der Waals surface area contributed by atoms with Crippen molar-refractivity contribution >= 4 is 23.5 Å². The van der Waals surface area contributed by atoms with Crippen molar-refractivity contribution < 1.29 is 38.9 Å². The van der Waals surface area contributed by atoms with Crippen LogP contribution in [0.3, 0.4) is 0 Å². The minimum absolute atomic E-state index is 0.0438. The lowest BCUT2D eigenvalue weighted by atomic mass is 9.51. The molecule has 0 unspecified atom stereocenters. The number of rotatable bonds is 3. The van der Waals surface area contributed by atoms with Crippen LogP contribution in [0.2, 0.25) is 0 Å². The Kier molecular flexibility index (Phi) is 5.25. The van der Waals surface area contributed by atoms with Crippen LogP contribution in [0.5, 0.6) is 0 Å². The third kappa shape index (κ3) is 2.95. The molecule has 8 heteroatoms. The highest BCUT2D eigenvalue weighted by molar-refractivity contribution is 6.19. The first-order valence-electron chi connectivity index (χ1n) is 11.1. The lowest BCUT2D eigenvalue weighted by molar-refractivity contribution is -0.159. The molecule has 2 N–H and O–H groups in total. The average Bonchev–Trinajstić information content (AvgIpc) is 3.38. The largest absolute Gasteiger partial charge is 0.461 e. The van der Waals surface area contributed by atoms with Crippen molar-refractivity contribution in [2.45, 2.75) is 72.2 Å². The van der Waals surface area contributed by atoms with E-state index < -0.39 is 58.6 Å². The van der Waals surface area contributed by atoms with E-state index in [1.165, 1.54) is 13.8 Å². The van der Waals surface area contributed by atoms with Crippen LogP contribution in [0.25, 0.3) is 0 Å². The number of ketones is 2. The number of fused-ring (bicyclic) bond motifs is 2. The van der Waals surface area contributed by atoms with Gasteiger partial charge in [-0.2, -0.15) is 0 Å². The van der Waals surface area contributed by atoms with Crippen LogP contribution in [0, 0.1) is 22.7 Å². The van der Waals surface area contributed by atoms with Crippen molar-refractivity contribution in [3.63, 3.8) is 0 Å². The first-order chi connectivity index (χ1) is 14.9. The molecule has 4 rings (SSSR count). The number of aliphatic hydroxyl groups is 2. The molecule has 174 valence electrons. The third-order valence-corrected chi connectivity index (χ3v) is 8.19. The number of aliphatic hydroxyl groups excluding tert-OH is 2. The van der Waals surface area contributed by atoms with E-state index >= 15 is 0 Å². The van der Waals surface area contributed by atoms with Crippen molar-refractivity contribution in [3.05, 3.63) is 22.3 Å². The predicted molar refractivity (Wildman–Crippen MR) is 111 cm³/mol. The molecule has 32 heavy (non-hydrogen) atoms. The molecule has 0 radical (unpaired) electrons. The molecule has 0 aromatic rings. The van der Waals surface area contributed by atoms with Crippen LogP contribution in [0.4, 0.5) is 0 Å². The number of Topliss-reactive ketones (excluding diaryl/α,β-unsaturated/α-hetero) is 2. The quantitative estimate of drug-likeness (QED) is 0.492. The molecule has 4 aliphatic rings. The Balaban J connectivity index is 1.89. The van der Waals surface area contributed by atoms with Gasteiger partial charge in [0, 0.05) is 36.3 Å². The van der Waals surface area contributed by atoms with Gasteiger partial charge < -0.3 is 19.7 Å². The van der Waals surface area contributed by atoms with E-state index in [4.69, 9.17) is 9.47 Å².